The van der Waals surface area contributed by atoms with Crippen LogP contribution in [-0.2, 0) is 5.54 Å². The molecule has 0 unspecified atom stereocenters. The van der Waals surface area contributed by atoms with E-state index in [0.29, 0.717) is 0 Å². The van der Waals surface area contributed by atoms with E-state index >= 15 is 0 Å². The number of halogens is 2. The fraction of sp³-hybridized carbons (Fsp3) is 0.400. The van der Waals surface area contributed by atoms with Crippen LogP contribution in [0.15, 0.2) is 18.3 Å². The van der Waals surface area contributed by atoms with Crippen molar-refractivity contribution in [3.05, 3.63) is 35.3 Å². The van der Waals surface area contributed by atoms with E-state index in [1.54, 1.807) is 20.8 Å². The normalized spacial score (nSPS) is 11.8. The Morgan fingerprint density at radius 3 is 2.57 bits per heavy atom. The number of carbonyl (C=O) groups is 1. The Bertz CT molecular complexity index is 736. The smallest absolute Gasteiger partial charge is 0.356 e. The molecule has 23 heavy (non-hydrogen) atoms. The third-order valence-corrected chi connectivity index (χ3v) is 3.12. The van der Waals surface area contributed by atoms with Gasteiger partial charge in [0.15, 0.2) is 11.4 Å². The summed E-state index contributed by atoms with van der Waals surface area (Å²) < 4.78 is 33.0. The third-order valence-electron chi connectivity index (χ3n) is 3.12. The summed E-state index contributed by atoms with van der Waals surface area (Å²) in [4.78, 5) is 14.9. The van der Waals surface area contributed by atoms with E-state index in [1.165, 1.54) is 29.9 Å². The zero-order valence-corrected chi connectivity index (χ0v) is 13.2. The average molecular weight is 325 g/mol. The Hall–Kier alpha value is -2.51. The van der Waals surface area contributed by atoms with Crippen LogP contribution >= 0.6 is 0 Å². The number of pyridine rings is 1. The van der Waals surface area contributed by atoms with Gasteiger partial charge in [-0.2, -0.15) is 5.10 Å². The SMILES string of the molecule is Cc1c(C(=O)O)nn(C(C)(C)C)c1Oc1cccnc1C(F)F. The number of aromatic carboxylic acids is 1. The van der Waals surface area contributed by atoms with Crippen molar-refractivity contribution in [3.8, 4) is 11.6 Å². The molecule has 6 nitrogen and oxygen atoms in total. The molecule has 0 spiro atoms. The van der Waals surface area contributed by atoms with Gasteiger partial charge in [0.25, 0.3) is 6.43 Å². The van der Waals surface area contributed by atoms with Gasteiger partial charge in [0.2, 0.25) is 5.88 Å². The lowest BCUT2D eigenvalue weighted by Gasteiger charge is -2.22. The predicted molar refractivity (Wildman–Crippen MR) is 78.2 cm³/mol. The Balaban J connectivity index is 2.58. The fourth-order valence-corrected chi connectivity index (χ4v) is 2.02. The monoisotopic (exact) mass is 325 g/mol. The van der Waals surface area contributed by atoms with Gasteiger partial charge in [-0.05, 0) is 39.8 Å². The van der Waals surface area contributed by atoms with Crippen molar-refractivity contribution in [2.45, 2.75) is 39.7 Å². The van der Waals surface area contributed by atoms with Gasteiger partial charge in [-0.25, -0.2) is 18.3 Å². The molecule has 0 aromatic carbocycles. The van der Waals surface area contributed by atoms with Gasteiger partial charge in [0.05, 0.1) is 5.54 Å². The van der Waals surface area contributed by atoms with E-state index < -0.39 is 23.6 Å². The van der Waals surface area contributed by atoms with Gasteiger partial charge < -0.3 is 9.84 Å². The van der Waals surface area contributed by atoms with Crippen molar-refractivity contribution >= 4 is 5.97 Å². The molecule has 0 aliphatic rings. The summed E-state index contributed by atoms with van der Waals surface area (Å²) in [5, 5.41) is 13.2. The highest BCUT2D eigenvalue weighted by Crippen LogP contribution is 2.35. The van der Waals surface area contributed by atoms with Crippen LogP contribution in [0.4, 0.5) is 8.78 Å². The first-order valence-electron chi connectivity index (χ1n) is 6.87. The zero-order valence-electron chi connectivity index (χ0n) is 13.2. The maximum absolute atomic E-state index is 13.0. The highest BCUT2D eigenvalue weighted by Gasteiger charge is 2.28. The molecule has 0 aliphatic carbocycles. The Kier molecular flexibility index (Phi) is 4.35. The van der Waals surface area contributed by atoms with Crippen LogP contribution in [0.3, 0.4) is 0 Å². The molecular formula is C15H17F2N3O3. The van der Waals surface area contributed by atoms with E-state index in [9.17, 15) is 18.7 Å². The number of nitrogens with zero attached hydrogens (tertiary/aromatic N) is 3. The lowest BCUT2D eigenvalue weighted by atomic mass is 10.1. The number of hydrogen-bond acceptors (Lipinski definition) is 4. The predicted octanol–water partition coefficient (Wildman–Crippen LogP) is 3.77. The summed E-state index contributed by atoms with van der Waals surface area (Å²) in [5.74, 6) is -1.24. The van der Waals surface area contributed by atoms with Crippen molar-refractivity contribution in [2.24, 2.45) is 0 Å². The first-order chi connectivity index (χ1) is 10.6. The molecule has 0 saturated carbocycles. The topological polar surface area (TPSA) is 77.2 Å². The average Bonchev–Trinajstić information content (AvgIpc) is 2.77. The largest absolute Gasteiger partial charge is 0.476 e. The summed E-state index contributed by atoms with van der Waals surface area (Å²) in [6.07, 6.45) is -1.57. The van der Waals surface area contributed by atoms with Crippen LogP contribution in [0.25, 0.3) is 0 Å². The second-order valence-corrected chi connectivity index (χ2v) is 5.96. The van der Waals surface area contributed by atoms with Crippen molar-refractivity contribution < 1.29 is 23.4 Å². The number of carboxylic acid groups (broad SMARTS) is 1. The molecule has 2 rings (SSSR count). The molecule has 0 aliphatic heterocycles. The van der Waals surface area contributed by atoms with Gasteiger partial charge in [-0.3, -0.25) is 4.98 Å². The fourth-order valence-electron chi connectivity index (χ4n) is 2.02. The maximum Gasteiger partial charge on any atom is 0.356 e. The van der Waals surface area contributed by atoms with Crippen LogP contribution in [-0.4, -0.2) is 25.8 Å². The highest BCUT2D eigenvalue weighted by atomic mass is 19.3. The van der Waals surface area contributed by atoms with Crippen LogP contribution in [0, 0.1) is 6.92 Å². The van der Waals surface area contributed by atoms with Gasteiger partial charge in [-0.1, -0.05) is 0 Å². The second-order valence-electron chi connectivity index (χ2n) is 5.96. The maximum atomic E-state index is 13.0. The molecule has 0 bridgehead atoms. The molecule has 8 heteroatoms. The summed E-state index contributed by atoms with van der Waals surface area (Å²) in [6, 6.07) is 2.82. The van der Waals surface area contributed by atoms with Crippen molar-refractivity contribution in [1.29, 1.82) is 0 Å². The Morgan fingerprint density at radius 2 is 2.04 bits per heavy atom. The van der Waals surface area contributed by atoms with Gasteiger partial charge in [-0.15, -0.1) is 0 Å². The number of aromatic nitrogens is 3. The van der Waals surface area contributed by atoms with Gasteiger partial charge >= 0.3 is 5.97 Å². The number of hydrogen-bond donors (Lipinski definition) is 1. The summed E-state index contributed by atoms with van der Waals surface area (Å²) in [6.45, 7) is 6.92. The number of alkyl halides is 2. The van der Waals surface area contributed by atoms with Crippen LogP contribution in [0.2, 0.25) is 0 Å². The molecule has 0 atom stereocenters. The molecule has 0 amide bonds. The number of rotatable bonds is 4. The van der Waals surface area contributed by atoms with Crippen molar-refractivity contribution in [1.82, 2.24) is 14.8 Å². The molecule has 0 radical (unpaired) electrons. The molecule has 2 aromatic rings. The number of ether oxygens (including phenoxy) is 1. The minimum atomic E-state index is -2.81. The first-order valence-corrected chi connectivity index (χ1v) is 6.87. The van der Waals surface area contributed by atoms with Crippen LogP contribution in [0.5, 0.6) is 11.6 Å². The quantitative estimate of drug-likeness (QED) is 0.926. The standard InChI is InChI=1S/C15H17F2N3O3/c1-8-10(14(21)22)19-20(15(2,3)4)13(8)23-9-6-5-7-18-11(9)12(16)17/h5-7,12H,1-4H3,(H,21,22). The minimum absolute atomic E-state index is 0.102. The minimum Gasteiger partial charge on any atom is -0.476 e. The molecule has 2 aromatic heterocycles. The van der Waals surface area contributed by atoms with Crippen molar-refractivity contribution in [3.63, 3.8) is 0 Å². The van der Waals surface area contributed by atoms with E-state index in [4.69, 9.17) is 4.74 Å². The van der Waals surface area contributed by atoms with E-state index in [1.807, 2.05) is 0 Å². The molecule has 1 N–H and O–H groups in total. The third kappa shape index (κ3) is 3.30. The molecule has 0 fully saturated rings. The van der Waals surface area contributed by atoms with E-state index in [-0.39, 0.29) is 22.9 Å². The zero-order chi connectivity index (χ0) is 17.4. The Morgan fingerprint density at radius 1 is 1.39 bits per heavy atom. The lowest BCUT2D eigenvalue weighted by Crippen LogP contribution is -2.24. The molecule has 2 heterocycles. The van der Waals surface area contributed by atoms with Crippen LogP contribution < -0.4 is 4.74 Å². The lowest BCUT2D eigenvalue weighted by molar-refractivity contribution is 0.0688. The van der Waals surface area contributed by atoms with E-state index in [0.717, 1.165) is 0 Å². The second kappa shape index (κ2) is 5.94. The number of carboxylic acids is 1. The van der Waals surface area contributed by atoms with Gasteiger partial charge in [0, 0.05) is 11.8 Å². The molecule has 124 valence electrons. The molecular weight excluding hydrogens is 308 g/mol. The summed E-state index contributed by atoms with van der Waals surface area (Å²) in [5.41, 5.74) is -1.03. The first kappa shape index (κ1) is 16.9. The highest BCUT2D eigenvalue weighted by molar-refractivity contribution is 5.87. The van der Waals surface area contributed by atoms with Gasteiger partial charge in [0.1, 0.15) is 5.69 Å². The van der Waals surface area contributed by atoms with Crippen LogP contribution in [0.1, 0.15) is 48.9 Å². The van der Waals surface area contributed by atoms with Crippen molar-refractivity contribution in [2.75, 3.05) is 0 Å². The summed E-state index contributed by atoms with van der Waals surface area (Å²) in [7, 11) is 0. The Labute approximate surface area is 131 Å². The van der Waals surface area contributed by atoms with E-state index in [2.05, 4.69) is 10.1 Å². The summed E-state index contributed by atoms with van der Waals surface area (Å²) >= 11 is 0. The molecule has 0 saturated heterocycles.